The van der Waals surface area contributed by atoms with Crippen LogP contribution in [-0.2, 0) is 25.7 Å². The van der Waals surface area contributed by atoms with E-state index >= 15 is 0 Å². The summed E-state index contributed by atoms with van der Waals surface area (Å²) in [4.78, 5) is 22.2. The lowest BCUT2D eigenvalue weighted by molar-refractivity contribution is -0.141. The number of rotatable bonds is 5. The van der Waals surface area contributed by atoms with Gasteiger partial charge in [0.05, 0.1) is 0 Å². The summed E-state index contributed by atoms with van der Waals surface area (Å²) in [6.45, 7) is 6.25. The summed E-state index contributed by atoms with van der Waals surface area (Å²) < 4.78 is 58.9. The number of hydrogen-bond donors (Lipinski definition) is 3. The highest BCUT2D eigenvalue weighted by atomic mass is 32.2. The summed E-state index contributed by atoms with van der Waals surface area (Å²) in [5.74, 6) is -0.416. The van der Waals surface area contributed by atoms with E-state index < -0.39 is 26.6 Å². The lowest BCUT2D eigenvalue weighted by Gasteiger charge is -2.18. The molecule has 0 spiro atoms. The van der Waals surface area contributed by atoms with Crippen molar-refractivity contribution in [1.82, 2.24) is 15.0 Å². The largest absolute Gasteiger partial charge is 0.433 e. The van der Waals surface area contributed by atoms with Gasteiger partial charge in [-0.15, -0.1) is 11.3 Å². The molecule has 0 unspecified atom stereocenters. The van der Waals surface area contributed by atoms with E-state index in [1.54, 1.807) is 50.5 Å². The van der Waals surface area contributed by atoms with Crippen molar-refractivity contribution in [2.45, 2.75) is 38.6 Å². The molecular weight excluding hydrogens is 493 g/mol. The fourth-order valence-corrected chi connectivity index (χ4v) is 3.92. The number of aryl methyl sites for hydroxylation is 1. The summed E-state index contributed by atoms with van der Waals surface area (Å²) in [6.07, 6.45) is -1.94. The third kappa shape index (κ3) is 7.46. The molecule has 3 aromatic rings. The van der Waals surface area contributed by atoms with E-state index in [9.17, 15) is 26.4 Å². The van der Waals surface area contributed by atoms with Crippen LogP contribution in [0.15, 0.2) is 42.0 Å². The average Bonchev–Trinajstić information content (AvgIpc) is 3.22. The minimum absolute atomic E-state index is 0.172. The molecule has 0 aliphatic carbocycles. The van der Waals surface area contributed by atoms with Gasteiger partial charge in [-0.1, -0.05) is 0 Å². The Morgan fingerprint density at radius 1 is 1.09 bits per heavy atom. The maximum Gasteiger partial charge on any atom is 0.433 e. The highest BCUT2D eigenvalue weighted by Crippen LogP contribution is 2.29. The van der Waals surface area contributed by atoms with Gasteiger partial charge in [0.25, 0.3) is 0 Å². The molecule has 14 heteroatoms. The molecule has 0 radical (unpaired) electrons. The van der Waals surface area contributed by atoms with Crippen LogP contribution < -0.4 is 15.8 Å². The van der Waals surface area contributed by atoms with Crippen molar-refractivity contribution in [2.75, 3.05) is 10.6 Å². The molecule has 4 N–H and O–H groups in total. The standard InChI is InChI=1S/C14H13F3N4O.C6H10N2O2S2/c1-8-5-10(19-9(2)22)7-11(6-8)20-13-18-4-3-12(21-13)14(15,16)17;1-6(2,12(7,9)10)5-8-3-4-11-5/h3-7H,1-2H3,(H,19,22)(H,18,20,21);3-4H,1-2H3,(H2,7,9,10). The van der Waals surface area contributed by atoms with Crippen molar-refractivity contribution in [3.8, 4) is 0 Å². The number of halogens is 3. The number of carbonyl (C=O) groups is 1. The number of amides is 1. The average molecular weight is 517 g/mol. The molecule has 0 fully saturated rings. The number of alkyl halides is 3. The van der Waals surface area contributed by atoms with Gasteiger partial charge in [0.1, 0.15) is 15.4 Å². The maximum atomic E-state index is 12.6. The number of anilines is 3. The Labute approximate surface area is 198 Å². The predicted octanol–water partition coefficient (Wildman–Crippen LogP) is 4.17. The zero-order valence-electron chi connectivity index (χ0n) is 18.6. The van der Waals surface area contributed by atoms with Crippen molar-refractivity contribution in [3.05, 3.63) is 58.3 Å². The van der Waals surface area contributed by atoms with Crippen molar-refractivity contribution >= 4 is 44.6 Å². The highest BCUT2D eigenvalue weighted by Gasteiger charge is 2.35. The summed E-state index contributed by atoms with van der Waals surface area (Å²) in [6, 6.07) is 5.82. The number of carbonyl (C=O) groups excluding carboxylic acids is 1. The Morgan fingerprint density at radius 2 is 1.74 bits per heavy atom. The van der Waals surface area contributed by atoms with Crippen LogP contribution in [0.1, 0.15) is 37.0 Å². The molecule has 9 nitrogen and oxygen atoms in total. The number of hydrogen-bond acceptors (Lipinski definition) is 8. The number of benzene rings is 1. The first-order valence-corrected chi connectivity index (χ1v) is 12.0. The number of nitrogens with two attached hydrogens (primary N) is 1. The van der Waals surface area contributed by atoms with Crippen molar-refractivity contribution in [2.24, 2.45) is 5.14 Å². The molecule has 2 aromatic heterocycles. The second-order valence-corrected chi connectivity index (χ2v) is 10.6. The number of sulfonamides is 1. The van der Waals surface area contributed by atoms with E-state index in [4.69, 9.17) is 5.14 Å². The van der Waals surface area contributed by atoms with Gasteiger partial charge in [0, 0.05) is 36.1 Å². The molecule has 184 valence electrons. The Bertz CT molecular complexity index is 1250. The molecule has 3 rings (SSSR count). The van der Waals surface area contributed by atoms with Crippen LogP contribution in [0, 0.1) is 6.92 Å². The smallest absolute Gasteiger partial charge is 0.326 e. The Balaban J connectivity index is 0.000000287. The number of primary sulfonamides is 1. The first kappa shape index (κ1) is 27.1. The highest BCUT2D eigenvalue weighted by molar-refractivity contribution is 7.90. The molecule has 0 saturated heterocycles. The summed E-state index contributed by atoms with van der Waals surface area (Å²) in [5, 5.41) is 12.6. The second kappa shape index (κ2) is 10.4. The van der Waals surface area contributed by atoms with Crippen LogP contribution in [0.4, 0.5) is 30.5 Å². The Morgan fingerprint density at radius 3 is 2.26 bits per heavy atom. The monoisotopic (exact) mass is 516 g/mol. The van der Waals surface area contributed by atoms with Gasteiger partial charge in [-0.2, -0.15) is 13.2 Å². The van der Waals surface area contributed by atoms with E-state index in [0.717, 1.165) is 17.8 Å². The molecule has 0 saturated carbocycles. The van der Waals surface area contributed by atoms with Gasteiger partial charge in [0.2, 0.25) is 21.9 Å². The first-order valence-electron chi connectivity index (χ1n) is 9.58. The van der Waals surface area contributed by atoms with Crippen LogP contribution in [-0.4, -0.2) is 29.3 Å². The molecule has 1 amide bonds. The molecule has 0 aliphatic rings. The van der Waals surface area contributed by atoms with Crippen LogP contribution in [0.25, 0.3) is 0 Å². The van der Waals surface area contributed by atoms with Crippen LogP contribution in [0.5, 0.6) is 0 Å². The molecule has 34 heavy (non-hydrogen) atoms. The topological polar surface area (TPSA) is 140 Å². The normalized spacial score (nSPS) is 11.9. The molecule has 2 heterocycles. The van der Waals surface area contributed by atoms with Gasteiger partial charge in [0.15, 0.2) is 0 Å². The van der Waals surface area contributed by atoms with Gasteiger partial charge in [-0.3, -0.25) is 4.79 Å². The van der Waals surface area contributed by atoms with E-state index in [-0.39, 0.29) is 11.9 Å². The maximum absolute atomic E-state index is 12.6. The van der Waals surface area contributed by atoms with Gasteiger partial charge < -0.3 is 10.6 Å². The third-order valence-corrected chi connectivity index (χ3v) is 7.10. The van der Waals surface area contributed by atoms with Crippen LogP contribution in [0.3, 0.4) is 0 Å². The Kier molecular flexibility index (Phi) is 8.34. The molecule has 1 aromatic carbocycles. The predicted molar refractivity (Wildman–Crippen MR) is 124 cm³/mol. The zero-order chi connectivity index (χ0) is 25.7. The number of nitrogens with zero attached hydrogens (tertiary/aromatic N) is 3. The SMILES string of the molecule is CC(=O)Nc1cc(C)cc(Nc2nccc(C(F)(F)F)n2)c1.CC(C)(c1nccs1)S(N)(=O)=O. The van der Waals surface area contributed by atoms with E-state index in [0.29, 0.717) is 16.4 Å². The van der Waals surface area contributed by atoms with Crippen molar-refractivity contribution in [3.63, 3.8) is 0 Å². The number of aromatic nitrogens is 3. The van der Waals surface area contributed by atoms with E-state index in [1.807, 2.05) is 0 Å². The fraction of sp³-hybridized carbons (Fsp3) is 0.300. The van der Waals surface area contributed by atoms with Crippen LogP contribution in [0.2, 0.25) is 0 Å². The molecule has 0 bridgehead atoms. The van der Waals surface area contributed by atoms with Crippen molar-refractivity contribution < 1.29 is 26.4 Å². The minimum Gasteiger partial charge on any atom is -0.326 e. The van der Waals surface area contributed by atoms with Crippen molar-refractivity contribution in [1.29, 1.82) is 0 Å². The molecular formula is C20H23F3N6O3S2. The zero-order valence-corrected chi connectivity index (χ0v) is 20.3. The van der Waals surface area contributed by atoms with Gasteiger partial charge in [-0.05, 0) is 50.6 Å². The fourth-order valence-electron chi connectivity index (χ4n) is 2.48. The Hall–Kier alpha value is -3.10. The molecule has 0 aliphatic heterocycles. The van der Waals surface area contributed by atoms with Gasteiger partial charge in [-0.25, -0.2) is 28.5 Å². The summed E-state index contributed by atoms with van der Waals surface area (Å²) in [5.41, 5.74) is 0.797. The van der Waals surface area contributed by atoms with E-state index in [1.165, 1.54) is 18.3 Å². The lowest BCUT2D eigenvalue weighted by Crippen LogP contribution is -2.35. The quantitative estimate of drug-likeness (QED) is 0.462. The number of thiazole rings is 1. The number of nitrogens with one attached hydrogen (secondary N) is 2. The summed E-state index contributed by atoms with van der Waals surface area (Å²) >= 11 is 1.29. The summed E-state index contributed by atoms with van der Waals surface area (Å²) in [7, 11) is -3.58. The molecule has 0 atom stereocenters. The van der Waals surface area contributed by atoms with E-state index in [2.05, 4.69) is 25.6 Å². The third-order valence-electron chi connectivity index (χ3n) is 4.26. The minimum atomic E-state index is -4.53. The van der Waals surface area contributed by atoms with Crippen LogP contribution >= 0.6 is 11.3 Å². The second-order valence-electron chi connectivity index (χ2n) is 7.55. The lowest BCUT2D eigenvalue weighted by atomic mass is 10.2. The van der Waals surface area contributed by atoms with Gasteiger partial charge >= 0.3 is 6.18 Å². The first-order chi connectivity index (χ1) is 15.6.